The van der Waals surface area contributed by atoms with Crippen molar-refractivity contribution in [1.82, 2.24) is 5.32 Å². The summed E-state index contributed by atoms with van der Waals surface area (Å²) in [6, 6.07) is 18.0. The van der Waals surface area contributed by atoms with E-state index in [9.17, 15) is 27.4 Å². The quantitative estimate of drug-likeness (QED) is 0.128. The first-order chi connectivity index (χ1) is 19.4. The van der Waals surface area contributed by atoms with Crippen LogP contribution in [0, 0.1) is 20.8 Å². The number of benzene rings is 4. The van der Waals surface area contributed by atoms with E-state index in [1.54, 1.807) is 36.4 Å². The van der Waals surface area contributed by atoms with Gasteiger partial charge >= 0.3 is 0 Å². The van der Waals surface area contributed by atoms with Gasteiger partial charge in [-0.2, -0.15) is 8.42 Å². The number of amides is 1. The van der Waals surface area contributed by atoms with Crippen LogP contribution in [0.5, 0.6) is 0 Å². The van der Waals surface area contributed by atoms with E-state index in [-0.39, 0.29) is 70.0 Å². The van der Waals surface area contributed by atoms with E-state index in [1.807, 2.05) is 32.9 Å². The molecule has 0 saturated heterocycles. The maximum atomic E-state index is 13.7. The molecule has 0 aromatic heterocycles. The number of carbonyl (C=O) groups is 3. The van der Waals surface area contributed by atoms with Crippen molar-refractivity contribution >= 4 is 74.2 Å². The predicted octanol–water partition coefficient (Wildman–Crippen LogP) is 4.51. The molecule has 1 aliphatic carbocycles. The SMILES string of the molecule is Cc1cc(C)c(Nc2cc(S(=O)(=O)O)c(N)c3c2C(=O)c2ccccc2C3=O)c(C)c1CNC(=O)c1ccccc1.[Na]. The van der Waals surface area contributed by atoms with Crippen molar-refractivity contribution in [3.05, 3.63) is 117 Å². The smallest absolute Gasteiger partial charge is 0.296 e. The monoisotopic (exact) mass is 592 g/mol. The summed E-state index contributed by atoms with van der Waals surface area (Å²) in [7, 11) is -4.86. The fraction of sp³-hybridized carbons (Fsp3) is 0.129. The molecule has 0 spiro atoms. The third-order valence-electron chi connectivity index (χ3n) is 7.33. The van der Waals surface area contributed by atoms with Crippen LogP contribution in [0.3, 0.4) is 0 Å². The van der Waals surface area contributed by atoms with Gasteiger partial charge in [0.25, 0.3) is 16.0 Å². The van der Waals surface area contributed by atoms with Crippen molar-refractivity contribution < 1.29 is 27.4 Å². The van der Waals surface area contributed by atoms with Crippen LogP contribution in [-0.4, -0.2) is 60.0 Å². The molecule has 0 heterocycles. The van der Waals surface area contributed by atoms with Crippen molar-refractivity contribution in [3.8, 4) is 0 Å². The molecule has 0 bridgehead atoms. The Morgan fingerprint density at radius 3 is 2.02 bits per heavy atom. The summed E-state index contributed by atoms with van der Waals surface area (Å²) in [5, 5.41) is 6.08. The molecule has 1 amide bonds. The third-order valence-corrected chi connectivity index (χ3v) is 8.22. The first kappa shape index (κ1) is 31.1. The number of hydrogen-bond acceptors (Lipinski definition) is 7. The average molecular weight is 593 g/mol. The van der Waals surface area contributed by atoms with Crippen molar-refractivity contribution in [1.29, 1.82) is 0 Å². The fourth-order valence-electron chi connectivity index (χ4n) is 5.29. The Labute approximate surface area is 265 Å². The molecule has 0 saturated carbocycles. The third kappa shape index (κ3) is 5.51. The van der Waals surface area contributed by atoms with Crippen LogP contribution in [-0.2, 0) is 16.7 Å². The molecular formula is C31H27N3NaO6S. The van der Waals surface area contributed by atoms with Crippen molar-refractivity contribution in [2.75, 3.05) is 11.1 Å². The number of carbonyl (C=O) groups excluding carboxylic acids is 3. The van der Waals surface area contributed by atoms with Crippen LogP contribution in [0.2, 0.25) is 0 Å². The summed E-state index contributed by atoms with van der Waals surface area (Å²) in [5.41, 5.74) is 9.79. The minimum Gasteiger partial charge on any atom is -0.397 e. The summed E-state index contributed by atoms with van der Waals surface area (Å²) in [6.07, 6.45) is 0. The average Bonchev–Trinajstić information content (AvgIpc) is 2.94. The second kappa shape index (κ2) is 11.8. The van der Waals surface area contributed by atoms with Gasteiger partial charge in [-0.15, -0.1) is 0 Å². The molecule has 0 aliphatic heterocycles. The Balaban J connectivity index is 0.00000405. The Kier molecular flexibility index (Phi) is 8.77. The van der Waals surface area contributed by atoms with Crippen LogP contribution < -0.4 is 16.4 Å². The second-order valence-electron chi connectivity index (χ2n) is 9.93. The Morgan fingerprint density at radius 2 is 1.43 bits per heavy atom. The number of anilines is 3. The van der Waals surface area contributed by atoms with Gasteiger partial charge in [0, 0.05) is 58.5 Å². The zero-order chi connectivity index (χ0) is 29.6. The zero-order valence-corrected chi connectivity index (χ0v) is 26.3. The molecular weight excluding hydrogens is 565 g/mol. The van der Waals surface area contributed by atoms with E-state index in [0.29, 0.717) is 11.3 Å². The molecule has 5 rings (SSSR count). The largest absolute Gasteiger partial charge is 0.397 e. The number of nitrogen functional groups attached to an aromatic ring is 1. The van der Waals surface area contributed by atoms with Crippen LogP contribution in [0.15, 0.2) is 71.6 Å². The first-order valence-corrected chi connectivity index (χ1v) is 14.2. The van der Waals surface area contributed by atoms with Crippen LogP contribution in [0.4, 0.5) is 17.1 Å². The van der Waals surface area contributed by atoms with Gasteiger partial charge in [-0.25, -0.2) is 0 Å². The topological polar surface area (TPSA) is 156 Å². The predicted molar refractivity (Wildman–Crippen MR) is 161 cm³/mol. The zero-order valence-electron chi connectivity index (χ0n) is 23.5. The molecule has 209 valence electrons. The molecule has 4 aromatic rings. The number of nitrogens with one attached hydrogen (secondary N) is 2. The minimum absolute atomic E-state index is 0. The standard InChI is InChI=1S/C31H27N3O6S.Na/c1-16-13-17(2)28(18(3)22(16)15-33-31(37)19-9-5-4-6-10-19)34-23-14-24(41(38,39)40)27(32)26-25(23)29(35)20-11-7-8-12-21(20)30(26)36;/h4-14,34H,15,32H2,1-3H3,(H,33,37)(H,38,39,40);. The summed E-state index contributed by atoms with van der Waals surface area (Å²) < 4.78 is 34.5. The van der Waals surface area contributed by atoms with E-state index in [2.05, 4.69) is 10.6 Å². The van der Waals surface area contributed by atoms with Gasteiger partial charge in [-0.1, -0.05) is 48.5 Å². The van der Waals surface area contributed by atoms with E-state index in [0.717, 1.165) is 28.3 Å². The van der Waals surface area contributed by atoms with E-state index in [1.165, 1.54) is 12.1 Å². The molecule has 42 heavy (non-hydrogen) atoms. The maximum Gasteiger partial charge on any atom is 0.296 e. The molecule has 1 aliphatic rings. The molecule has 0 fully saturated rings. The van der Waals surface area contributed by atoms with Gasteiger partial charge in [0.15, 0.2) is 11.6 Å². The van der Waals surface area contributed by atoms with Crippen LogP contribution in [0.25, 0.3) is 0 Å². The second-order valence-corrected chi connectivity index (χ2v) is 11.3. The van der Waals surface area contributed by atoms with Crippen LogP contribution in [0.1, 0.15) is 64.5 Å². The van der Waals surface area contributed by atoms with Gasteiger partial charge in [-0.3, -0.25) is 18.9 Å². The van der Waals surface area contributed by atoms with Gasteiger partial charge < -0.3 is 16.4 Å². The minimum atomic E-state index is -4.86. The van der Waals surface area contributed by atoms with Gasteiger partial charge in [0.1, 0.15) is 4.90 Å². The van der Waals surface area contributed by atoms with Crippen molar-refractivity contribution in [2.24, 2.45) is 0 Å². The summed E-state index contributed by atoms with van der Waals surface area (Å²) in [4.78, 5) is 39.2. The number of nitrogens with two attached hydrogens (primary N) is 1. The normalized spacial score (nSPS) is 12.2. The Hall–Kier alpha value is -3.80. The van der Waals surface area contributed by atoms with Gasteiger partial charge in [0.05, 0.1) is 22.5 Å². The van der Waals surface area contributed by atoms with E-state index in [4.69, 9.17) is 5.73 Å². The molecule has 4 aromatic carbocycles. The summed E-state index contributed by atoms with van der Waals surface area (Å²) in [6.45, 7) is 5.79. The van der Waals surface area contributed by atoms with Crippen molar-refractivity contribution in [3.63, 3.8) is 0 Å². The maximum absolute atomic E-state index is 13.7. The van der Waals surface area contributed by atoms with E-state index < -0.39 is 32.3 Å². The number of hydrogen-bond donors (Lipinski definition) is 4. The molecule has 9 nitrogen and oxygen atoms in total. The van der Waals surface area contributed by atoms with E-state index >= 15 is 0 Å². The summed E-state index contributed by atoms with van der Waals surface area (Å²) in [5.74, 6) is -1.38. The first-order valence-electron chi connectivity index (χ1n) is 12.7. The Morgan fingerprint density at radius 1 is 0.857 bits per heavy atom. The number of aryl methyl sites for hydroxylation is 2. The van der Waals surface area contributed by atoms with Crippen molar-refractivity contribution in [2.45, 2.75) is 32.2 Å². The number of ketones is 2. The van der Waals surface area contributed by atoms with Gasteiger partial charge in [0.2, 0.25) is 0 Å². The van der Waals surface area contributed by atoms with Crippen LogP contribution >= 0.6 is 0 Å². The Bertz CT molecular complexity index is 1890. The van der Waals surface area contributed by atoms with Gasteiger partial charge in [-0.05, 0) is 61.2 Å². The fourth-order valence-corrected chi connectivity index (χ4v) is 5.94. The molecule has 1 radical (unpaired) electrons. The number of rotatable bonds is 6. The number of fused-ring (bicyclic) bond motifs is 2. The molecule has 0 atom stereocenters. The summed E-state index contributed by atoms with van der Waals surface area (Å²) >= 11 is 0. The molecule has 5 N–H and O–H groups in total. The molecule has 11 heteroatoms. The molecule has 0 unspecified atom stereocenters.